The fourth-order valence-electron chi connectivity index (χ4n) is 4.05. The summed E-state index contributed by atoms with van der Waals surface area (Å²) in [5, 5.41) is 3.10. The summed E-state index contributed by atoms with van der Waals surface area (Å²) in [4.78, 5) is 30.9. The molecule has 0 unspecified atom stereocenters. The lowest BCUT2D eigenvalue weighted by atomic mass is 9.87. The first kappa shape index (κ1) is 20.9. The number of morpholine rings is 1. The number of nitrogens with one attached hydrogen (secondary N) is 1. The van der Waals surface area contributed by atoms with E-state index in [1.807, 2.05) is 6.07 Å². The molecule has 1 saturated heterocycles. The number of aryl methyl sites for hydroxylation is 1. The summed E-state index contributed by atoms with van der Waals surface area (Å²) in [5.74, 6) is 0.113. The molecule has 0 spiro atoms. The van der Waals surface area contributed by atoms with Crippen molar-refractivity contribution in [1.82, 2.24) is 10.2 Å². The van der Waals surface area contributed by atoms with Crippen molar-refractivity contribution in [3.63, 3.8) is 0 Å². The van der Waals surface area contributed by atoms with Crippen molar-refractivity contribution < 1.29 is 14.3 Å². The minimum absolute atomic E-state index is 0.0259. The number of hydrogen-bond donors (Lipinski definition) is 1. The van der Waals surface area contributed by atoms with Gasteiger partial charge in [-0.05, 0) is 48.6 Å². The highest BCUT2D eigenvalue weighted by atomic mass is 32.1. The van der Waals surface area contributed by atoms with Gasteiger partial charge in [0.2, 0.25) is 5.91 Å². The van der Waals surface area contributed by atoms with Crippen LogP contribution in [0.4, 0.5) is 5.69 Å². The van der Waals surface area contributed by atoms with Crippen molar-refractivity contribution in [3.05, 3.63) is 51.2 Å². The number of hydrogen-bond acceptors (Lipinski definition) is 5. The molecule has 0 saturated carbocycles. The number of amides is 2. The smallest absolute Gasteiger partial charge is 0.263 e. The van der Waals surface area contributed by atoms with Gasteiger partial charge in [0.15, 0.2) is 0 Å². The zero-order valence-electron chi connectivity index (χ0n) is 17.6. The summed E-state index contributed by atoms with van der Waals surface area (Å²) >= 11 is 1.57. The third-order valence-corrected chi connectivity index (χ3v) is 7.07. The van der Waals surface area contributed by atoms with Crippen LogP contribution in [0.25, 0.3) is 0 Å². The zero-order valence-corrected chi connectivity index (χ0v) is 18.5. The van der Waals surface area contributed by atoms with Crippen LogP contribution in [-0.4, -0.2) is 57.1 Å². The Hall–Kier alpha value is -2.38. The predicted molar refractivity (Wildman–Crippen MR) is 119 cm³/mol. The molecule has 30 heavy (non-hydrogen) atoms. The third-order valence-electron chi connectivity index (χ3n) is 5.85. The molecule has 1 fully saturated rings. The molecule has 6 nitrogen and oxygen atoms in total. The summed E-state index contributed by atoms with van der Waals surface area (Å²) < 4.78 is 5.41. The van der Waals surface area contributed by atoms with Gasteiger partial charge in [-0.25, -0.2) is 0 Å². The highest BCUT2D eigenvalue weighted by Crippen LogP contribution is 2.33. The van der Waals surface area contributed by atoms with Crippen molar-refractivity contribution in [2.24, 2.45) is 5.92 Å². The largest absolute Gasteiger partial charge is 0.378 e. The Kier molecular flexibility index (Phi) is 6.39. The van der Waals surface area contributed by atoms with E-state index in [9.17, 15) is 9.59 Å². The summed E-state index contributed by atoms with van der Waals surface area (Å²) in [7, 11) is 3.54. The van der Waals surface area contributed by atoms with Gasteiger partial charge in [-0.2, -0.15) is 0 Å². The first-order valence-corrected chi connectivity index (χ1v) is 11.4. The van der Waals surface area contributed by atoms with Crippen molar-refractivity contribution in [1.29, 1.82) is 0 Å². The second-order valence-electron chi connectivity index (χ2n) is 8.18. The van der Waals surface area contributed by atoms with Crippen molar-refractivity contribution >= 4 is 28.8 Å². The first-order chi connectivity index (χ1) is 14.5. The minimum atomic E-state index is -0.0259. The lowest BCUT2D eigenvalue weighted by molar-refractivity contribution is -0.125. The van der Waals surface area contributed by atoms with Gasteiger partial charge in [-0.3, -0.25) is 9.59 Å². The molecule has 1 aliphatic carbocycles. The van der Waals surface area contributed by atoms with E-state index in [1.165, 1.54) is 10.6 Å². The average Bonchev–Trinajstić information content (AvgIpc) is 3.21. The van der Waals surface area contributed by atoms with Crippen molar-refractivity contribution in [3.8, 4) is 0 Å². The third kappa shape index (κ3) is 4.68. The van der Waals surface area contributed by atoms with Crippen LogP contribution < -0.4 is 10.2 Å². The van der Waals surface area contributed by atoms with Crippen LogP contribution in [0.1, 0.15) is 32.1 Å². The fourth-order valence-corrected chi connectivity index (χ4v) is 5.28. The summed E-state index contributed by atoms with van der Waals surface area (Å²) in [6, 6.07) is 10.4. The maximum Gasteiger partial charge on any atom is 0.263 e. The molecule has 0 radical (unpaired) electrons. The number of fused-ring (bicyclic) bond motifs is 1. The summed E-state index contributed by atoms with van der Waals surface area (Å²) in [6.07, 6.45) is 2.42. The second-order valence-corrected chi connectivity index (χ2v) is 9.32. The fraction of sp³-hybridized carbons (Fsp3) is 0.478. The topological polar surface area (TPSA) is 61.9 Å². The molecule has 160 valence electrons. The van der Waals surface area contributed by atoms with Crippen molar-refractivity contribution in [2.45, 2.75) is 25.8 Å². The van der Waals surface area contributed by atoms with Crippen LogP contribution in [0.2, 0.25) is 0 Å². The number of rotatable bonds is 5. The van der Waals surface area contributed by atoms with Gasteiger partial charge < -0.3 is 19.9 Å². The molecule has 1 atom stereocenters. The van der Waals surface area contributed by atoms with E-state index < -0.39 is 0 Å². The van der Waals surface area contributed by atoms with Gasteiger partial charge in [0.1, 0.15) is 0 Å². The molecular weight excluding hydrogens is 398 g/mol. The molecule has 1 aromatic carbocycles. The van der Waals surface area contributed by atoms with Crippen LogP contribution in [0.5, 0.6) is 0 Å². The summed E-state index contributed by atoms with van der Waals surface area (Å²) in [5.41, 5.74) is 3.46. The van der Waals surface area contributed by atoms with Crippen molar-refractivity contribution in [2.75, 3.05) is 45.3 Å². The molecule has 4 rings (SSSR count). The average molecular weight is 428 g/mol. The quantitative estimate of drug-likeness (QED) is 0.797. The zero-order chi connectivity index (χ0) is 21.1. The van der Waals surface area contributed by atoms with Gasteiger partial charge >= 0.3 is 0 Å². The number of ether oxygens (including phenoxy) is 1. The molecule has 1 aliphatic heterocycles. The first-order valence-electron chi connectivity index (χ1n) is 10.5. The Balaban J connectivity index is 1.31. The predicted octanol–water partition coefficient (Wildman–Crippen LogP) is 2.71. The van der Waals surface area contributed by atoms with Crippen LogP contribution in [-0.2, 0) is 28.9 Å². The van der Waals surface area contributed by atoms with E-state index in [0.717, 1.165) is 55.1 Å². The number of nitrogens with zero attached hydrogens (tertiary/aromatic N) is 2. The standard InChI is InChI=1S/C23H29N3O3S/c1-25(2)23(28)21-14-18-13-17(5-8-20(18)30-21)22(27)24-15-16-3-6-19(7-4-16)26-9-11-29-12-10-26/h3-4,6-7,14,17H,5,8-13,15H2,1-2H3,(H,24,27)/t17-/m0/s1. The van der Waals surface area contributed by atoms with Gasteiger partial charge in [0.05, 0.1) is 18.1 Å². The van der Waals surface area contributed by atoms with Crippen LogP contribution >= 0.6 is 11.3 Å². The lowest BCUT2D eigenvalue weighted by Gasteiger charge is -2.29. The normalized spacial score (nSPS) is 18.6. The molecule has 2 amide bonds. The Morgan fingerprint density at radius 3 is 2.63 bits per heavy atom. The van der Waals surface area contributed by atoms with E-state index >= 15 is 0 Å². The van der Waals surface area contributed by atoms with Crippen LogP contribution in [0.3, 0.4) is 0 Å². The second kappa shape index (κ2) is 9.18. The maximum atomic E-state index is 12.7. The Labute approximate surface area is 181 Å². The molecule has 2 aromatic rings. The molecule has 0 bridgehead atoms. The van der Waals surface area contributed by atoms with Gasteiger partial charge in [-0.15, -0.1) is 11.3 Å². The van der Waals surface area contributed by atoms with E-state index in [2.05, 4.69) is 34.5 Å². The Morgan fingerprint density at radius 2 is 1.93 bits per heavy atom. The van der Waals surface area contributed by atoms with Crippen LogP contribution in [0.15, 0.2) is 30.3 Å². The maximum absolute atomic E-state index is 12.7. The number of thiophene rings is 1. The molecule has 2 heterocycles. The summed E-state index contributed by atoms with van der Waals surface area (Å²) in [6.45, 7) is 3.93. The molecular formula is C23H29N3O3S. The minimum Gasteiger partial charge on any atom is -0.378 e. The Morgan fingerprint density at radius 1 is 1.20 bits per heavy atom. The lowest BCUT2D eigenvalue weighted by Crippen LogP contribution is -2.36. The van der Waals surface area contributed by atoms with E-state index in [1.54, 1.807) is 30.3 Å². The highest BCUT2D eigenvalue weighted by Gasteiger charge is 2.27. The van der Waals surface area contributed by atoms with Gasteiger partial charge in [0, 0.05) is 50.2 Å². The molecule has 1 aromatic heterocycles. The number of benzene rings is 1. The Bertz CT molecular complexity index is 901. The SMILES string of the molecule is CN(C)C(=O)c1cc2c(s1)CC[C@H](C(=O)NCc1ccc(N3CCOCC3)cc1)C2. The van der Waals surface area contributed by atoms with Gasteiger partial charge in [-0.1, -0.05) is 12.1 Å². The van der Waals surface area contributed by atoms with Gasteiger partial charge in [0.25, 0.3) is 5.91 Å². The van der Waals surface area contributed by atoms with E-state index in [4.69, 9.17) is 4.74 Å². The molecule has 7 heteroatoms. The van der Waals surface area contributed by atoms with E-state index in [0.29, 0.717) is 13.0 Å². The molecule has 1 N–H and O–H groups in total. The van der Waals surface area contributed by atoms with E-state index in [-0.39, 0.29) is 17.7 Å². The highest BCUT2D eigenvalue weighted by molar-refractivity contribution is 7.14. The van der Waals surface area contributed by atoms with Crippen LogP contribution in [0, 0.1) is 5.92 Å². The number of carbonyl (C=O) groups is 2. The number of anilines is 1. The monoisotopic (exact) mass is 427 g/mol. The molecule has 2 aliphatic rings. The number of carbonyl (C=O) groups excluding carboxylic acids is 2.